The molecule has 2 fully saturated rings. The first-order chi connectivity index (χ1) is 11.5. The molecule has 1 atom stereocenters. The summed E-state index contributed by atoms with van der Waals surface area (Å²) >= 11 is 0. The van der Waals surface area contributed by atoms with Crippen molar-refractivity contribution < 1.29 is 14.0 Å². The van der Waals surface area contributed by atoms with E-state index in [2.05, 4.69) is 4.90 Å². The lowest BCUT2D eigenvalue weighted by Gasteiger charge is -2.37. The molecule has 0 spiro atoms. The van der Waals surface area contributed by atoms with Crippen LogP contribution < -0.4 is 5.73 Å². The highest BCUT2D eigenvalue weighted by atomic mass is 19.1. The van der Waals surface area contributed by atoms with E-state index in [1.54, 1.807) is 12.1 Å². The summed E-state index contributed by atoms with van der Waals surface area (Å²) in [6.45, 7) is 3.97. The summed E-state index contributed by atoms with van der Waals surface area (Å²) in [6.07, 6.45) is 1.50. The van der Waals surface area contributed by atoms with Gasteiger partial charge in [-0.2, -0.15) is 0 Å². The van der Waals surface area contributed by atoms with E-state index in [0.717, 1.165) is 25.1 Å². The Labute approximate surface area is 141 Å². The van der Waals surface area contributed by atoms with Gasteiger partial charge in [-0.05, 0) is 30.5 Å². The molecular weight excluding hydrogens is 311 g/mol. The van der Waals surface area contributed by atoms with Crippen LogP contribution in [0.2, 0.25) is 0 Å². The third kappa shape index (κ3) is 3.67. The number of urea groups is 1. The third-order valence-electron chi connectivity index (χ3n) is 4.80. The zero-order chi connectivity index (χ0) is 17.1. The van der Waals surface area contributed by atoms with Crippen LogP contribution in [0.25, 0.3) is 0 Å². The van der Waals surface area contributed by atoms with Gasteiger partial charge in [0, 0.05) is 39.3 Å². The molecule has 1 aromatic rings. The normalized spacial score (nSPS) is 22.0. The van der Waals surface area contributed by atoms with Crippen molar-refractivity contribution in [3.05, 3.63) is 35.6 Å². The van der Waals surface area contributed by atoms with Gasteiger partial charge >= 0.3 is 6.03 Å². The van der Waals surface area contributed by atoms with Crippen molar-refractivity contribution in [3.8, 4) is 0 Å². The molecule has 0 aliphatic carbocycles. The van der Waals surface area contributed by atoms with Crippen LogP contribution >= 0.6 is 0 Å². The van der Waals surface area contributed by atoms with Gasteiger partial charge in [0.25, 0.3) is 0 Å². The minimum absolute atomic E-state index is 0.00305. The fourth-order valence-corrected chi connectivity index (χ4v) is 3.52. The van der Waals surface area contributed by atoms with Crippen molar-refractivity contribution in [3.63, 3.8) is 0 Å². The van der Waals surface area contributed by atoms with Crippen LogP contribution in [0.15, 0.2) is 24.3 Å². The highest BCUT2D eigenvalue weighted by molar-refractivity contribution is 5.87. The van der Waals surface area contributed by atoms with E-state index >= 15 is 0 Å². The van der Waals surface area contributed by atoms with E-state index in [1.807, 2.05) is 11.0 Å². The Hall–Kier alpha value is -2.15. The van der Waals surface area contributed by atoms with Crippen LogP contribution in [0.1, 0.15) is 18.4 Å². The summed E-state index contributed by atoms with van der Waals surface area (Å²) in [4.78, 5) is 29.5. The van der Waals surface area contributed by atoms with Gasteiger partial charge in [0.05, 0.1) is 0 Å². The first-order valence-corrected chi connectivity index (χ1v) is 8.36. The number of hydrogen-bond acceptors (Lipinski definition) is 3. The minimum Gasteiger partial charge on any atom is -0.351 e. The van der Waals surface area contributed by atoms with Crippen LogP contribution in [0, 0.1) is 5.82 Å². The summed E-state index contributed by atoms with van der Waals surface area (Å²) < 4.78 is 13.3. The Morgan fingerprint density at radius 1 is 1.17 bits per heavy atom. The highest BCUT2D eigenvalue weighted by Crippen LogP contribution is 2.20. The molecule has 2 N–H and O–H groups in total. The molecule has 6 nitrogen and oxygen atoms in total. The lowest BCUT2D eigenvalue weighted by Crippen LogP contribution is -2.54. The molecule has 2 aliphatic rings. The van der Waals surface area contributed by atoms with Crippen molar-refractivity contribution in [2.24, 2.45) is 5.73 Å². The first-order valence-electron chi connectivity index (χ1n) is 8.36. The molecule has 1 aromatic carbocycles. The third-order valence-corrected chi connectivity index (χ3v) is 4.80. The quantitative estimate of drug-likeness (QED) is 0.897. The van der Waals surface area contributed by atoms with E-state index in [-0.39, 0.29) is 11.7 Å². The van der Waals surface area contributed by atoms with Gasteiger partial charge in [-0.3, -0.25) is 9.69 Å². The number of primary amides is 1. The van der Waals surface area contributed by atoms with E-state index in [0.29, 0.717) is 32.6 Å². The Morgan fingerprint density at radius 2 is 1.92 bits per heavy atom. The molecule has 7 heteroatoms. The number of carbonyl (C=O) groups excluding carboxylic acids is 2. The van der Waals surface area contributed by atoms with Gasteiger partial charge in [-0.25, -0.2) is 9.18 Å². The SMILES string of the molecule is NC(=O)N1CCC[C@H]1C(=O)N1CCN(Cc2cccc(F)c2)CC1. The standard InChI is InChI=1S/C17H23FN4O2/c18-14-4-1-3-13(11-14)12-20-7-9-21(10-8-20)16(23)15-5-2-6-22(15)17(19)24/h1,3-4,11,15H,2,5-10,12H2,(H2,19,24)/t15-/m0/s1. The van der Waals surface area contributed by atoms with E-state index < -0.39 is 12.1 Å². The maximum absolute atomic E-state index is 13.3. The smallest absolute Gasteiger partial charge is 0.315 e. The molecular formula is C17H23FN4O2. The van der Waals surface area contributed by atoms with Crippen molar-refractivity contribution in [2.45, 2.75) is 25.4 Å². The second-order valence-corrected chi connectivity index (χ2v) is 6.42. The summed E-state index contributed by atoms with van der Waals surface area (Å²) in [5.41, 5.74) is 6.29. The molecule has 0 radical (unpaired) electrons. The Kier molecular flexibility index (Phi) is 4.99. The van der Waals surface area contributed by atoms with E-state index in [4.69, 9.17) is 5.73 Å². The average molecular weight is 334 g/mol. The van der Waals surface area contributed by atoms with Crippen LogP contribution in [-0.2, 0) is 11.3 Å². The molecule has 0 bridgehead atoms. The zero-order valence-corrected chi connectivity index (χ0v) is 13.7. The summed E-state index contributed by atoms with van der Waals surface area (Å²) in [6, 6.07) is 5.67. The number of carbonyl (C=O) groups is 2. The Balaban J connectivity index is 1.53. The minimum atomic E-state index is -0.518. The highest BCUT2D eigenvalue weighted by Gasteiger charge is 2.36. The number of rotatable bonds is 3. The monoisotopic (exact) mass is 334 g/mol. The largest absolute Gasteiger partial charge is 0.351 e. The Bertz CT molecular complexity index is 616. The summed E-state index contributed by atoms with van der Waals surface area (Å²) in [7, 11) is 0. The molecule has 2 aliphatic heterocycles. The van der Waals surface area contributed by atoms with Crippen molar-refractivity contribution in [1.82, 2.24) is 14.7 Å². The van der Waals surface area contributed by atoms with E-state index in [9.17, 15) is 14.0 Å². The lowest BCUT2D eigenvalue weighted by atomic mass is 10.1. The number of nitrogens with zero attached hydrogens (tertiary/aromatic N) is 3. The zero-order valence-electron chi connectivity index (χ0n) is 13.7. The molecule has 3 rings (SSSR count). The van der Waals surface area contributed by atoms with Crippen LogP contribution in [0.5, 0.6) is 0 Å². The number of likely N-dealkylation sites (tertiary alicyclic amines) is 1. The topological polar surface area (TPSA) is 69.9 Å². The maximum Gasteiger partial charge on any atom is 0.315 e. The fourth-order valence-electron chi connectivity index (χ4n) is 3.52. The molecule has 24 heavy (non-hydrogen) atoms. The van der Waals surface area contributed by atoms with Gasteiger partial charge in [-0.1, -0.05) is 12.1 Å². The predicted octanol–water partition coefficient (Wildman–Crippen LogP) is 1.01. The number of hydrogen-bond donors (Lipinski definition) is 1. The molecule has 2 saturated heterocycles. The predicted molar refractivity (Wildman–Crippen MR) is 87.6 cm³/mol. The second kappa shape index (κ2) is 7.17. The molecule has 3 amide bonds. The van der Waals surface area contributed by atoms with Gasteiger partial charge in [0.1, 0.15) is 11.9 Å². The summed E-state index contributed by atoms with van der Waals surface area (Å²) in [5.74, 6) is -0.231. The molecule has 0 aromatic heterocycles. The average Bonchev–Trinajstić information content (AvgIpc) is 3.05. The van der Waals surface area contributed by atoms with Gasteiger partial charge in [0.15, 0.2) is 0 Å². The number of amides is 3. The van der Waals surface area contributed by atoms with Crippen LogP contribution in [0.3, 0.4) is 0 Å². The molecule has 2 heterocycles. The number of halogens is 1. The van der Waals surface area contributed by atoms with Crippen molar-refractivity contribution in [1.29, 1.82) is 0 Å². The number of nitrogens with two attached hydrogens (primary N) is 1. The van der Waals surface area contributed by atoms with Gasteiger partial charge in [-0.15, -0.1) is 0 Å². The van der Waals surface area contributed by atoms with Crippen LogP contribution in [0.4, 0.5) is 9.18 Å². The second-order valence-electron chi connectivity index (χ2n) is 6.42. The first kappa shape index (κ1) is 16.7. The number of benzene rings is 1. The maximum atomic E-state index is 13.3. The lowest BCUT2D eigenvalue weighted by molar-refractivity contribution is -0.137. The summed E-state index contributed by atoms with van der Waals surface area (Å²) in [5, 5.41) is 0. The molecule has 0 saturated carbocycles. The van der Waals surface area contributed by atoms with Gasteiger partial charge in [0.2, 0.25) is 5.91 Å². The fraction of sp³-hybridized carbons (Fsp3) is 0.529. The molecule has 130 valence electrons. The van der Waals surface area contributed by atoms with Crippen molar-refractivity contribution >= 4 is 11.9 Å². The van der Waals surface area contributed by atoms with Crippen LogP contribution in [-0.4, -0.2) is 65.4 Å². The van der Waals surface area contributed by atoms with Gasteiger partial charge < -0.3 is 15.5 Å². The molecule has 0 unspecified atom stereocenters. The number of piperazine rings is 1. The van der Waals surface area contributed by atoms with E-state index in [1.165, 1.54) is 11.0 Å². The Morgan fingerprint density at radius 3 is 2.58 bits per heavy atom. The van der Waals surface area contributed by atoms with Crippen molar-refractivity contribution in [2.75, 3.05) is 32.7 Å².